The van der Waals surface area contributed by atoms with Crippen LogP contribution in [0.5, 0.6) is 0 Å². The molecule has 1 aromatic heterocycles. The third kappa shape index (κ3) is 2.28. The maximum atomic E-state index is 11.5. The summed E-state index contributed by atoms with van der Waals surface area (Å²) in [6.07, 6.45) is 0.856. The molecule has 0 aliphatic heterocycles. The molecule has 0 fully saturated rings. The van der Waals surface area contributed by atoms with Gasteiger partial charge in [0.25, 0.3) is 5.91 Å². The molecule has 0 spiro atoms. The van der Waals surface area contributed by atoms with E-state index < -0.39 is 0 Å². The lowest BCUT2D eigenvalue weighted by Crippen LogP contribution is -2.22. The number of aromatic nitrogens is 1. The minimum absolute atomic E-state index is 0.0460. The van der Waals surface area contributed by atoms with Crippen molar-refractivity contribution in [2.45, 2.75) is 13.3 Å². The van der Waals surface area contributed by atoms with Crippen LogP contribution in [0.3, 0.4) is 0 Å². The highest BCUT2D eigenvalue weighted by Crippen LogP contribution is 2.02. The highest BCUT2D eigenvalue weighted by atomic mass is 16.2. The van der Waals surface area contributed by atoms with Gasteiger partial charge in [-0.3, -0.25) is 4.79 Å². The number of carbonyl (C=O) groups is 1. The van der Waals surface area contributed by atoms with Gasteiger partial charge < -0.3 is 4.90 Å². The molecule has 3 heteroatoms. The zero-order valence-electron chi connectivity index (χ0n) is 8.24. The topological polar surface area (TPSA) is 33.2 Å². The lowest BCUT2D eigenvalue weighted by molar-refractivity contribution is 0.0821. The second-order valence-corrected chi connectivity index (χ2v) is 3.07. The first-order valence-electron chi connectivity index (χ1n) is 4.32. The molecule has 0 aliphatic carbocycles. The molecule has 0 aromatic carbocycles. The van der Waals surface area contributed by atoms with Gasteiger partial charge in [0.1, 0.15) is 5.69 Å². The molecule has 0 radical (unpaired) electrons. The molecule has 0 unspecified atom stereocenters. The minimum atomic E-state index is -0.0460. The maximum absolute atomic E-state index is 11.5. The van der Waals surface area contributed by atoms with Gasteiger partial charge in [0, 0.05) is 19.8 Å². The number of pyridine rings is 1. The van der Waals surface area contributed by atoms with Crippen LogP contribution in [0.25, 0.3) is 0 Å². The summed E-state index contributed by atoms with van der Waals surface area (Å²) in [7, 11) is 3.45. The smallest absolute Gasteiger partial charge is 0.271 e. The Balaban J connectivity index is 2.95. The van der Waals surface area contributed by atoms with Crippen molar-refractivity contribution in [1.29, 1.82) is 0 Å². The Morgan fingerprint density at radius 2 is 2.15 bits per heavy atom. The van der Waals surface area contributed by atoms with Gasteiger partial charge in [-0.15, -0.1) is 0 Å². The van der Waals surface area contributed by atoms with Gasteiger partial charge >= 0.3 is 0 Å². The van der Waals surface area contributed by atoms with Crippen LogP contribution < -0.4 is 0 Å². The number of hydrogen-bond acceptors (Lipinski definition) is 2. The molecule has 0 saturated carbocycles. The molecule has 1 aromatic rings. The average Bonchev–Trinajstić information content (AvgIpc) is 2.16. The Morgan fingerprint density at radius 3 is 2.69 bits per heavy atom. The fourth-order valence-corrected chi connectivity index (χ4v) is 1.02. The second kappa shape index (κ2) is 4.03. The Morgan fingerprint density at radius 1 is 1.46 bits per heavy atom. The van der Waals surface area contributed by atoms with Crippen LogP contribution in [0.2, 0.25) is 0 Å². The molecule has 0 N–H and O–H groups in total. The lowest BCUT2D eigenvalue weighted by atomic mass is 10.2. The van der Waals surface area contributed by atoms with Gasteiger partial charge in [-0.1, -0.05) is 13.0 Å². The number of hydrogen-bond donors (Lipinski definition) is 0. The van der Waals surface area contributed by atoms with Crippen molar-refractivity contribution in [1.82, 2.24) is 9.88 Å². The van der Waals surface area contributed by atoms with Crippen LogP contribution in [0, 0.1) is 0 Å². The Labute approximate surface area is 78.4 Å². The molecular weight excluding hydrogens is 164 g/mol. The van der Waals surface area contributed by atoms with Crippen molar-refractivity contribution in [3.63, 3.8) is 0 Å². The van der Waals surface area contributed by atoms with E-state index in [2.05, 4.69) is 4.98 Å². The van der Waals surface area contributed by atoms with Gasteiger partial charge in [0.2, 0.25) is 0 Å². The van der Waals surface area contributed by atoms with E-state index in [0.29, 0.717) is 5.69 Å². The van der Waals surface area contributed by atoms with Crippen LogP contribution in [-0.4, -0.2) is 29.9 Å². The molecule has 13 heavy (non-hydrogen) atoms. The fraction of sp³-hybridized carbons (Fsp3) is 0.400. The largest absolute Gasteiger partial charge is 0.343 e. The van der Waals surface area contributed by atoms with Crippen molar-refractivity contribution >= 4 is 5.91 Å². The van der Waals surface area contributed by atoms with Crippen molar-refractivity contribution < 1.29 is 4.79 Å². The zero-order chi connectivity index (χ0) is 9.84. The summed E-state index contributed by atoms with van der Waals surface area (Å²) in [6, 6.07) is 5.52. The van der Waals surface area contributed by atoms with Crippen molar-refractivity contribution in [3.05, 3.63) is 29.6 Å². The normalized spacial score (nSPS) is 9.77. The average molecular weight is 178 g/mol. The maximum Gasteiger partial charge on any atom is 0.271 e. The van der Waals surface area contributed by atoms with E-state index in [-0.39, 0.29) is 5.91 Å². The van der Waals surface area contributed by atoms with Crippen LogP contribution in [0.1, 0.15) is 23.1 Å². The first-order valence-corrected chi connectivity index (χ1v) is 4.32. The van der Waals surface area contributed by atoms with Crippen molar-refractivity contribution in [2.75, 3.05) is 14.1 Å². The standard InChI is InChI=1S/C10H14N2O/c1-4-8-6-5-7-9(11-8)10(13)12(2)3/h5-7H,4H2,1-3H3. The zero-order valence-corrected chi connectivity index (χ0v) is 8.24. The summed E-state index contributed by atoms with van der Waals surface area (Å²) in [5, 5.41) is 0. The van der Waals surface area contributed by atoms with Gasteiger partial charge in [0.15, 0.2) is 0 Å². The molecule has 0 bridgehead atoms. The van der Waals surface area contributed by atoms with E-state index in [1.54, 1.807) is 20.2 Å². The lowest BCUT2D eigenvalue weighted by Gasteiger charge is -2.09. The first kappa shape index (κ1) is 9.71. The van der Waals surface area contributed by atoms with Crippen LogP contribution >= 0.6 is 0 Å². The molecular formula is C10H14N2O. The Kier molecular flexibility index (Phi) is 3.01. The van der Waals surface area contributed by atoms with Crippen LogP contribution in [-0.2, 0) is 6.42 Å². The number of aryl methyl sites for hydroxylation is 1. The molecule has 0 saturated heterocycles. The van der Waals surface area contributed by atoms with Crippen molar-refractivity contribution in [3.8, 4) is 0 Å². The van der Waals surface area contributed by atoms with Crippen molar-refractivity contribution in [2.24, 2.45) is 0 Å². The van der Waals surface area contributed by atoms with E-state index in [0.717, 1.165) is 12.1 Å². The Bertz CT molecular complexity index is 308. The van der Waals surface area contributed by atoms with E-state index >= 15 is 0 Å². The van der Waals surface area contributed by atoms with Crippen LogP contribution in [0.15, 0.2) is 18.2 Å². The third-order valence-electron chi connectivity index (χ3n) is 1.79. The predicted molar refractivity (Wildman–Crippen MR) is 51.6 cm³/mol. The molecule has 3 nitrogen and oxygen atoms in total. The van der Waals surface area contributed by atoms with Gasteiger partial charge in [-0.25, -0.2) is 4.98 Å². The third-order valence-corrected chi connectivity index (χ3v) is 1.79. The highest BCUT2D eigenvalue weighted by Gasteiger charge is 2.08. The number of amides is 1. The summed E-state index contributed by atoms with van der Waals surface area (Å²) in [6.45, 7) is 2.02. The molecule has 0 atom stereocenters. The number of rotatable bonds is 2. The fourth-order valence-electron chi connectivity index (χ4n) is 1.02. The quantitative estimate of drug-likeness (QED) is 0.684. The van der Waals surface area contributed by atoms with E-state index in [1.807, 2.05) is 19.1 Å². The predicted octanol–water partition coefficient (Wildman–Crippen LogP) is 1.35. The highest BCUT2D eigenvalue weighted by molar-refractivity contribution is 5.91. The SMILES string of the molecule is CCc1cccc(C(=O)N(C)C)n1. The number of nitrogens with zero attached hydrogens (tertiary/aromatic N) is 2. The van der Waals surface area contributed by atoms with E-state index in [4.69, 9.17) is 0 Å². The van der Waals surface area contributed by atoms with Gasteiger partial charge in [0.05, 0.1) is 0 Å². The summed E-state index contributed by atoms with van der Waals surface area (Å²) < 4.78 is 0. The second-order valence-electron chi connectivity index (χ2n) is 3.07. The molecule has 70 valence electrons. The molecule has 1 amide bonds. The van der Waals surface area contributed by atoms with Gasteiger partial charge in [-0.2, -0.15) is 0 Å². The van der Waals surface area contributed by atoms with Crippen LogP contribution in [0.4, 0.5) is 0 Å². The number of carbonyl (C=O) groups excluding carboxylic acids is 1. The summed E-state index contributed by atoms with van der Waals surface area (Å²) in [4.78, 5) is 17.2. The molecule has 1 heterocycles. The van der Waals surface area contributed by atoms with E-state index in [9.17, 15) is 4.79 Å². The minimum Gasteiger partial charge on any atom is -0.343 e. The first-order chi connectivity index (χ1) is 6.15. The van der Waals surface area contributed by atoms with E-state index in [1.165, 1.54) is 4.90 Å². The summed E-state index contributed by atoms with van der Waals surface area (Å²) in [5.74, 6) is -0.0460. The van der Waals surface area contributed by atoms with Gasteiger partial charge in [-0.05, 0) is 18.6 Å². The molecule has 1 rings (SSSR count). The Hall–Kier alpha value is -1.38. The molecule has 0 aliphatic rings. The summed E-state index contributed by atoms with van der Waals surface area (Å²) in [5.41, 5.74) is 1.47. The summed E-state index contributed by atoms with van der Waals surface area (Å²) >= 11 is 0. The monoisotopic (exact) mass is 178 g/mol.